The minimum Gasteiger partial charge on any atom is -0.481 e. The second-order valence-corrected chi connectivity index (χ2v) is 6.93. The van der Waals surface area contributed by atoms with Gasteiger partial charge >= 0.3 is 11.9 Å². The van der Waals surface area contributed by atoms with Crippen LogP contribution < -0.4 is 5.73 Å². The summed E-state index contributed by atoms with van der Waals surface area (Å²) in [5.74, 6) is -2.18. The van der Waals surface area contributed by atoms with Crippen molar-refractivity contribution in [2.75, 3.05) is 12.9 Å². The summed E-state index contributed by atoms with van der Waals surface area (Å²) in [5, 5.41) is 8.88. The van der Waals surface area contributed by atoms with Gasteiger partial charge in [-0.15, -0.1) is 0 Å². The van der Waals surface area contributed by atoms with Gasteiger partial charge in [-0.05, 0) is 18.3 Å². The second-order valence-electron chi connectivity index (χ2n) is 6.57. The van der Waals surface area contributed by atoms with Crippen molar-refractivity contribution >= 4 is 30.5 Å². The molecule has 0 heterocycles. The van der Waals surface area contributed by atoms with E-state index in [2.05, 4.69) is 12.6 Å². The van der Waals surface area contributed by atoms with Crippen LogP contribution in [0.3, 0.4) is 0 Å². The Bertz CT molecular complexity index is 469. The molecule has 3 atom stereocenters. The molecule has 0 bridgehead atoms. The van der Waals surface area contributed by atoms with Gasteiger partial charge in [0.2, 0.25) is 5.91 Å². The van der Waals surface area contributed by atoms with Crippen molar-refractivity contribution < 1.29 is 24.2 Å². The normalized spacial score (nSPS) is 22.2. The lowest BCUT2D eigenvalue weighted by Gasteiger charge is -2.42. The van der Waals surface area contributed by atoms with Crippen LogP contribution in [-0.4, -0.2) is 58.8 Å². The Labute approximate surface area is 141 Å². The number of hydrogen-bond donors (Lipinski definition) is 3. The van der Waals surface area contributed by atoms with Crippen molar-refractivity contribution in [3.63, 3.8) is 0 Å². The van der Waals surface area contributed by atoms with E-state index in [0.29, 0.717) is 0 Å². The Kier molecular flexibility index (Phi) is 6.88. The first-order valence-electron chi connectivity index (χ1n) is 7.64. The van der Waals surface area contributed by atoms with Crippen molar-refractivity contribution in [2.24, 2.45) is 11.1 Å². The summed E-state index contributed by atoms with van der Waals surface area (Å²) in [7, 11) is 1.25. The summed E-state index contributed by atoms with van der Waals surface area (Å²) < 4.78 is 4.78. The SMILES string of the molecule is COC(=O)[C@H](CS)N(C(=O)[C@@H](N)CC(=O)O)[C@H]1CCCC1(C)C. The average Bonchev–Trinajstić information content (AvgIpc) is 2.81. The quantitative estimate of drug-likeness (QED) is 0.462. The third-order valence-corrected chi connectivity index (χ3v) is 4.83. The summed E-state index contributed by atoms with van der Waals surface area (Å²) >= 11 is 4.18. The summed E-state index contributed by atoms with van der Waals surface area (Å²) in [6.07, 6.45) is 2.09. The molecule has 0 aromatic heterocycles. The van der Waals surface area contributed by atoms with E-state index in [0.717, 1.165) is 19.3 Å². The van der Waals surface area contributed by atoms with Gasteiger partial charge < -0.3 is 20.5 Å². The molecule has 0 aromatic carbocycles. The van der Waals surface area contributed by atoms with Crippen LogP contribution in [0, 0.1) is 5.41 Å². The molecule has 1 aliphatic carbocycles. The Hall–Kier alpha value is -1.28. The van der Waals surface area contributed by atoms with Gasteiger partial charge in [-0.2, -0.15) is 12.6 Å². The zero-order valence-corrected chi connectivity index (χ0v) is 14.7. The van der Waals surface area contributed by atoms with E-state index in [1.54, 1.807) is 0 Å². The highest BCUT2D eigenvalue weighted by Crippen LogP contribution is 2.41. The third kappa shape index (κ3) is 4.60. The molecular weight excluding hydrogens is 320 g/mol. The fraction of sp³-hybridized carbons (Fsp3) is 0.800. The fourth-order valence-corrected chi connectivity index (χ4v) is 3.55. The summed E-state index contributed by atoms with van der Waals surface area (Å²) in [4.78, 5) is 37.1. The van der Waals surface area contributed by atoms with Crippen LogP contribution >= 0.6 is 12.6 Å². The summed E-state index contributed by atoms with van der Waals surface area (Å²) in [6, 6.07) is -2.28. The highest BCUT2D eigenvalue weighted by Gasteiger charge is 2.46. The van der Waals surface area contributed by atoms with Crippen molar-refractivity contribution in [1.82, 2.24) is 4.90 Å². The van der Waals surface area contributed by atoms with Crippen molar-refractivity contribution in [1.29, 1.82) is 0 Å². The average molecular weight is 346 g/mol. The van der Waals surface area contributed by atoms with Crippen LogP contribution in [0.5, 0.6) is 0 Å². The number of nitrogens with two attached hydrogens (primary N) is 1. The van der Waals surface area contributed by atoms with Gasteiger partial charge in [0.15, 0.2) is 0 Å². The number of amides is 1. The molecule has 0 unspecified atom stereocenters. The second kappa shape index (κ2) is 8.01. The molecule has 0 aliphatic heterocycles. The minimum atomic E-state index is -1.20. The highest BCUT2D eigenvalue weighted by molar-refractivity contribution is 7.80. The number of carboxylic acids is 1. The predicted octanol–water partition coefficient (Wildman–Crippen LogP) is 0.667. The number of methoxy groups -OCH3 is 1. The van der Waals surface area contributed by atoms with Gasteiger partial charge in [-0.3, -0.25) is 9.59 Å². The van der Waals surface area contributed by atoms with Crippen LogP contribution in [0.4, 0.5) is 0 Å². The highest BCUT2D eigenvalue weighted by atomic mass is 32.1. The molecule has 23 heavy (non-hydrogen) atoms. The van der Waals surface area contributed by atoms with Gasteiger partial charge in [0.05, 0.1) is 19.6 Å². The van der Waals surface area contributed by atoms with E-state index in [1.807, 2.05) is 13.8 Å². The lowest BCUT2D eigenvalue weighted by Crippen LogP contribution is -2.59. The van der Waals surface area contributed by atoms with E-state index >= 15 is 0 Å². The topological polar surface area (TPSA) is 110 Å². The van der Waals surface area contributed by atoms with E-state index in [4.69, 9.17) is 15.6 Å². The lowest BCUT2D eigenvalue weighted by atomic mass is 9.85. The van der Waals surface area contributed by atoms with Crippen LogP contribution in [0.25, 0.3) is 0 Å². The van der Waals surface area contributed by atoms with Gasteiger partial charge in [0.25, 0.3) is 0 Å². The van der Waals surface area contributed by atoms with E-state index in [-0.39, 0.29) is 17.2 Å². The first kappa shape index (κ1) is 19.8. The number of carbonyl (C=O) groups excluding carboxylic acids is 2. The monoisotopic (exact) mass is 346 g/mol. The summed E-state index contributed by atoms with van der Waals surface area (Å²) in [5.41, 5.74) is 5.57. The first-order chi connectivity index (χ1) is 10.7. The van der Waals surface area contributed by atoms with Crippen LogP contribution in [0.15, 0.2) is 0 Å². The number of rotatable bonds is 7. The zero-order valence-electron chi connectivity index (χ0n) is 13.8. The van der Waals surface area contributed by atoms with Crippen molar-refractivity contribution in [3.8, 4) is 0 Å². The molecule has 1 amide bonds. The maximum Gasteiger partial charge on any atom is 0.329 e. The lowest BCUT2D eigenvalue weighted by molar-refractivity contribution is -0.156. The molecule has 0 spiro atoms. The molecule has 3 N–H and O–H groups in total. The third-order valence-electron chi connectivity index (χ3n) is 4.48. The Morgan fingerprint density at radius 2 is 2.04 bits per heavy atom. The molecular formula is C15H26N2O5S. The number of thiol groups is 1. The Morgan fingerprint density at radius 3 is 2.43 bits per heavy atom. The van der Waals surface area contributed by atoms with E-state index in [1.165, 1.54) is 12.0 Å². The van der Waals surface area contributed by atoms with E-state index < -0.39 is 36.4 Å². The minimum absolute atomic E-state index is 0.0881. The van der Waals surface area contributed by atoms with Gasteiger partial charge in [-0.1, -0.05) is 20.3 Å². The number of nitrogens with zero attached hydrogens (tertiary/aromatic N) is 1. The smallest absolute Gasteiger partial charge is 0.329 e. The fourth-order valence-electron chi connectivity index (χ4n) is 3.23. The van der Waals surface area contributed by atoms with Gasteiger partial charge in [-0.25, -0.2) is 4.79 Å². The molecule has 1 saturated carbocycles. The number of esters is 1. The molecule has 8 heteroatoms. The molecule has 0 aromatic rings. The number of hydrogen-bond acceptors (Lipinski definition) is 6. The maximum absolute atomic E-state index is 12.8. The predicted molar refractivity (Wildman–Crippen MR) is 88.2 cm³/mol. The van der Waals surface area contributed by atoms with Crippen LogP contribution in [0.1, 0.15) is 39.5 Å². The number of carboxylic acid groups (broad SMARTS) is 1. The number of aliphatic carboxylic acids is 1. The zero-order chi connectivity index (χ0) is 17.8. The summed E-state index contributed by atoms with van der Waals surface area (Å²) in [6.45, 7) is 4.06. The molecule has 1 aliphatic rings. The molecule has 132 valence electrons. The number of carbonyl (C=O) groups is 3. The van der Waals surface area contributed by atoms with Crippen LogP contribution in [-0.2, 0) is 19.1 Å². The van der Waals surface area contributed by atoms with E-state index in [9.17, 15) is 14.4 Å². The molecule has 7 nitrogen and oxygen atoms in total. The van der Waals surface area contributed by atoms with Gasteiger partial charge in [0.1, 0.15) is 6.04 Å². The first-order valence-corrected chi connectivity index (χ1v) is 8.27. The largest absolute Gasteiger partial charge is 0.481 e. The molecule has 1 fully saturated rings. The molecule has 1 rings (SSSR count). The Morgan fingerprint density at radius 1 is 1.43 bits per heavy atom. The Balaban J connectivity index is 3.17. The molecule has 0 radical (unpaired) electrons. The standard InChI is InChI=1S/C15H26N2O5S/c1-15(2)6-4-5-11(15)17(10(8-23)14(21)22-3)13(20)9(16)7-12(18)19/h9-11,23H,4-8,16H2,1-3H3,(H,18,19)/t9-,10-,11-/m0/s1. The molecule has 0 saturated heterocycles. The number of ether oxygens (including phenoxy) is 1. The van der Waals surface area contributed by atoms with Gasteiger partial charge in [0, 0.05) is 11.8 Å². The van der Waals surface area contributed by atoms with Crippen molar-refractivity contribution in [2.45, 2.75) is 57.7 Å². The maximum atomic E-state index is 12.8. The van der Waals surface area contributed by atoms with Crippen LogP contribution in [0.2, 0.25) is 0 Å². The van der Waals surface area contributed by atoms with Crippen molar-refractivity contribution in [3.05, 3.63) is 0 Å².